The van der Waals surface area contributed by atoms with Crippen LogP contribution in [0.1, 0.15) is 26.7 Å². The van der Waals surface area contributed by atoms with Crippen LogP contribution in [0.25, 0.3) is 0 Å². The first-order chi connectivity index (χ1) is 8.49. The molecule has 0 aromatic heterocycles. The Kier molecular flexibility index (Phi) is 3.14. The summed E-state index contributed by atoms with van der Waals surface area (Å²) in [5.41, 5.74) is -0.729. The van der Waals surface area contributed by atoms with Gasteiger partial charge in [-0.05, 0) is 12.8 Å². The zero-order chi connectivity index (χ0) is 13.4. The van der Waals surface area contributed by atoms with E-state index in [1.54, 1.807) is 0 Å². The van der Waals surface area contributed by atoms with Crippen molar-refractivity contribution in [1.29, 1.82) is 0 Å². The second kappa shape index (κ2) is 4.34. The first kappa shape index (κ1) is 13.0. The van der Waals surface area contributed by atoms with Crippen LogP contribution >= 0.6 is 0 Å². The molecule has 0 amide bonds. The van der Waals surface area contributed by atoms with Gasteiger partial charge in [-0.3, -0.25) is 9.91 Å². The van der Waals surface area contributed by atoms with Gasteiger partial charge in [-0.25, -0.2) is 0 Å². The lowest BCUT2D eigenvalue weighted by Gasteiger charge is -2.61. The minimum Gasteiger partial charge on any atom is -0.305 e. The van der Waals surface area contributed by atoms with E-state index in [9.17, 15) is 15.0 Å². The second-order valence-electron chi connectivity index (χ2n) is 5.19. The number of hydrogen-bond donors (Lipinski definition) is 0. The molecule has 2 aliphatic heterocycles. The van der Waals surface area contributed by atoms with Gasteiger partial charge in [0.2, 0.25) is 0 Å². The van der Waals surface area contributed by atoms with Gasteiger partial charge < -0.3 is 4.84 Å². The third-order valence-electron chi connectivity index (χ3n) is 4.27. The fourth-order valence-electron chi connectivity index (χ4n) is 2.83. The normalized spacial score (nSPS) is 24.9. The molecule has 0 aliphatic carbocycles. The monoisotopic (exact) mass is 258 g/mol. The van der Waals surface area contributed by atoms with E-state index in [-0.39, 0.29) is 5.54 Å². The lowest BCUT2D eigenvalue weighted by molar-refractivity contribution is -0.786. The lowest BCUT2D eigenvalue weighted by Crippen LogP contribution is -2.78. The summed E-state index contributed by atoms with van der Waals surface area (Å²) in [6, 6.07) is 0. The maximum absolute atomic E-state index is 10.5. The van der Waals surface area contributed by atoms with E-state index in [0.717, 1.165) is 6.42 Å². The number of hydrogen-bond acceptors (Lipinski definition) is 6. The van der Waals surface area contributed by atoms with Gasteiger partial charge in [0.1, 0.15) is 5.60 Å². The molecule has 2 fully saturated rings. The summed E-state index contributed by atoms with van der Waals surface area (Å²) in [6.07, 6.45) is 1.51. The molecular weight excluding hydrogens is 240 g/mol. The average Bonchev–Trinajstić information content (AvgIpc) is 2.24. The minimum absolute atomic E-state index is 0.0630. The quantitative estimate of drug-likeness (QED) is 0.398. The first-order valence-corrected chi connectivity index (χ1v) is 6.16. The fraction of sp³-hybridized carbons (Fsp3) is 1.00. The third-order valence-corrected chi connectivity index (χ3v) is 4.27. The molecule has 0 radical (unpaired) electrons. The van der Waals surface area contributed by atoms with Crippen LogP contribution < -0.4 is 0 Å². The van der Waals surface area contributed by atoms with Crippen molar-refractivity contribution in [3.05, 3.63) is 15.0 Å². The van der Waals surface area contributed by atoms with Crippen LogP contribution in [-0.2, 0) is 4.84 Å². The van der Waals surface area contributed by atoms with Crippen LogP contribution in [0.5, 0.6) is 0 Å². The van der Waals surface area contributed by atoms with Crippen molar-refractivity contribution in [3.63, 3.8) is 0 Å². The summed E-state index contributed by atoms with van der Waals surface area (Å²) in [5.74, 6) is 0. The standard InChI is InChI=1S/C10H18N4O4/c1-3-9(5-13(6-9)11-15)12-7-10(4-2,8-12)18-14(16)17/h3-8H2,1-2H3. The zero-order valence-corrected chi connectivity index (χ0v) is 10.7. The predicted octanol–water partition coefficient (Wildman–Crippen LogP) is 0.805. The van der Waals surface area contributed by atoms with E-state index in [0.29, 0.717) is 32.6 Å². The summed E-state index contributed by atoms with van der Waals surface area (Å²) in [5, 5.41) is 14.1. The Bertz CT molecular complexity index is 350. The van der Waals surface area contributed by atoms with Gasteiger partial charge in [0, 0.05) is 13.1 Å². The van der Waals surface area contributed by atoms with Crippen LogP contribution in [0.3, 0.4) is 0 Å². The molecule has 8 nitrogen and oxygen atoms in total. The molecule has 0 spiro atoms. The number of nitrogens with zero attached hydrogens (tertiary/aromatic N) is 4. The molecular formula is C10H18N4O4. The van der Waals surface area contributed by atoms with Crippen molar-refractivity contribution in [3.8, 4) is 0 Å². The molecule has 8 heteroatoms. The van der Waals surface area contributed by atoms with Crippen molar-refractivity contribution in [2.24, 2.45) is 5.29 Å². The Morgan fingerprint density at radius 3 is 2.28 bits per heavy atom. The smallest absolute Gasteiger partial charge is 0.295 e. The van der Waals surface area contributed by atoms with Gasteiger partial charge in [-0.2, -0.15) is 0 Å². The molecule has 0 saturated carbocycles. The van der Waals surface area contributed by atoms with Crippen molar-refractivity contribution in [1.82, 2.24) is 9.91 Å². The maximum Gasteiger partial charge on any atom is 0.295 e. The molecule has 0 unspecified atom stereocenters. The van der Waals surface area contributed by atoms with E-state index in [4.69, 9.17) is 4.84 Å². The molecule has 2 rings (SSSR count). The van der Waals surface area contributed by atoms with E-state index in [1.807, 2.05) is 6.92 Å². The highest BCUT2D eigenvalue weighted by atomic mass is 17.0. The van der Waals surface area contributed by atoms with Crippen LogP contribution in [0, 0.1) is 15.0 Å². The van der Waals surface area contributed by atoms with E-state index in [1.165, 1.54) is 5.01 Å². The van der Waals surface area contributed by atoms with Gasteiger partial charge in [0.05, 0.1) is 23.9 Å². The predicted molar refractivity (Wildman–Crippen MR) is 63.1 cm³/mol. The number of rotatable bonds is 6. The SMILES string of the molecule is CCC1(O[N+](=O)[O-])CN(C2(CC)CN(N=O)C2)C1. The molecule has 0 aromatic rings. The molecule has 0 bridgehead atoms. The van der Waals surface area contributed by atoms with Gasteiger partial charge >= 0.3 is 0 Å². The first-order valence-electron chi connectivity index (χ1n) is 6.16. The lowest BCUT2D eigenvalue weighted by atomic mass is 9.79. The van der Waals surface area contributed by atoms with Gasteiger partial charge in [0.25, 0.3) is 5.09 Å². The highest BCUT2D eigenvalue weighted by Gasteiger charge is 2.57. The van der Waals surface area contributed by atoms with Gasteiger partial charge in [-0.15, -0.1) is 15.0 Å². The topological polar surface area (TPSA) is 88.3 Å². The van der Waals surface area contributed by atoms with Crippen LogP contribution in [0.15, 0.2) is 5.29 Å². The van der Waals surface area contributed by atoms with E-state index < -0.39 is 10.7 Å². The number of nitroso groups, excluding NO2 is 1. The second-order valence-corrected chi connectivity index (χ2v) is 5.19. The Balaban J connectivity index is 1.94. The Morgan fingerprint density at radius 1 is 1.28 bits per heavy atom. The van der Waals surface area contributed by atoms with Crippen LogP contribution in [-0.4, -0.2) is 52.3 Å². The van der Waals surface area contributed by atoms with E-state index >= 15 is 0 Å². The largest absolute Gasteiger partial charge is 0.305 e. The van der Waals surface area contributed by atoms with E-state index in [2.05, 4.69) is 17.1 Å². The molecule has 18 heavy (non-hydrogen) atoms. The molecule has 2 aliphatic rings. The minimum atomic E-state index is -0.709. The summed E-state index contributed by atoms with van der Waals surface area (Å²) >= 11 is 0. The summed E-state index contributed by atoms with van der Waals surface area (Å²) in [4.78, 5) is 27.8. The summed E-state index contributed by atoms with van der Waals surface area (Å²) < 4.78 is 0. The Labute approximate surface area is 105 Å². The highest BCUT2D eigenvalue weighted by molar-refractivity contribution is 5.10. The zero-order valence-electron chi connectivity index (χ0n) is 10.7. The third kappa shape index (κ3) is 1.90. The van der Waals surface area contributed by atoms with Crippen LogP contribution in [0.2, 0.25) is 0 Å². The average molecular weight is 258 g/mol. The van der Waals surface area contributed by atoms with Crippen molar-refractivity contribution >= 4 is 0 Å². The molecule has 0 N–H and O–H groups in total. The van der Waals surface area contributed by atoms with Gasteiger partial charge in [0.15, 0.2) is 0 Å². The highest BCUT2D eigenvalue weighted by Crippen LogP contribution is 2.40. The van der Waals surface area contributed by atoms with Crippen LogP contribution in [0.4, 0.5) is 0 Å². The molecule has 2 heterocycles. The Hall–Kier alpha value is -1.44. The molecule has 2 saturated heterocycles. The summed E-state index contributed by atoms with van der Waals surface area (Å²) in [6.45, 7) is 6.24. The van der Waals surface area contributed by atoms with Crippen molar-refractivity contribution < 1.29 is 9.92 Å². The molecule has 0 aromatic carbocycles. The molecule has 102 valence electrons. The van der Waals surface area contributed by atoms with Gasteiger partial charge in [-0.1, -0.05) is 13.8 Å². The summed E-state index contributed by atoms with van der Waals surface area (Å²) in [7, 11) is 0. The Morgan fingerprint density at radius 2 is 1.89 bits per heavy atom. The molecule has 0 atom stereocenters. The number of likely N-dealkylation sites (tertiary alicyclic amines) is 1. The van der Waals surface area contributed by atoms with Crippen molar-refractivity contribution in [2.75, 3.05) is 26.2 Å². The van der Waals surface area contributed by atoms with Crippen molar-refractivity contribution in [2.45, 2.75) is 37.8 Å². The fourth-order valence-corrected chi connectivity index (χ4v) is 2.83. The maximum atomic E-state index is 10.5.